The van der Waals surface area contributed by atoms with Crippen molar-refractivity contribution >= 4 is 16.7 Å². The Kier molecular flexibility index (Phi) is 5.86. The summed E-state index contributed by atoms with van der Waals surface area (Å²) in [5, 5.41) is 15.7. The Morgan fingerprint density at radius 2 is 1.61 bits per heavy atom. The van der Waals surface area contributed by atoms with E-state index in [9.17, 15) is 5.11 Å². The molecule has 2 N–H and O–H groups in total. The lowest BCUT2D eigenvalue weighted by molar-refractivity contribution is 0.210. The average molecular weight is 440 g/mol. The quantitative estimate of drug-likeness (QED) is 0.360. The monoisotopic (exact) mass is 439 g/mol. The Morgan fingerprint density at radius 3 is 2.36 bits per heavy atom. The molecule has 1 aliphatic rings. The van der Waals surface area contributed by atoms with Crippen LogP contribution < -0.4 is 10.1 Å². The van der Waals surface area contributed by atoms with Crippen LogP contribution in [0.15, 0.2) is 66.7 Å². The summed E-state index contributed by atoms with van der Waals surface area (Å²) >= 11 is 0. The number of nitrogens with zero attached hydrogens (tertiary/aromatic N) is 2. The number of phenolic OH excluding ortho intramolecular Hbond substituents is 1. The van der Waals surface area contributed by atoms with E-state index >= 15 is 0 Å². The molecular formula is C28H29N3O2. The van der Waals surface area contributed by atoms with Crippen LogP contribution in [0, 0.1) is 13.8 Å². The van der Waals surface area contributed by atoms with Gasteiger partial charge in [0.2, 0.25) is 0 Å². The van der Waals surface area contributed by atoms with Gasteiger partial charge in [0, 0.05) is 22.3 Å². The molecule has 5 nitrogen and oxygen atoms in total. The number of hydrogen-bond donors (Lipinski definition) is 2. The number of pyridine rings is 2. The van der Waals surface area contributed by atoms with Gasteiger partial charge in [0.05, 0.1) is 12.1 Å². The molecule has 0 bridgehead atoms. The number of aromatic nitrogens is 2. The largest absolute Gasteiger partial charge is 0.505 e. The highest BCUT2D eigenvalue weighted by Crippen LogP contribution is 2.37. The van der Waals surface area contributed by atoms with Crippen LogP contribution in [-0.2, 0) is 0 Å². The van der Waals surface area contributed by atoms with Gasteiger partial charge >= 0.3 is 0 Å². The van der Waals surface area contributed by atoms with Gasteiger partial charge in [0.1, 0.15) is 22.8 Å². The molecule has 5 heteroatoms. The van der Waals surface area contributed by atoms with Crippen LogP contribution in [-0.4, -0.2) is 21.2 Å². The number of anilines is 1. The molecule has 2 aromatic carbocycles. The number of benzene rings is 2. The van der Waals surface area contributed by atoms with E-state index in [0.717, 1.165) is 52.3 Å². The van der Waals surface area contributed by atoms with Gasteiger partial charge in [-0.1, -0.05) is 36.4 Å². The van der Waals surface area contributed by atoms with Crippen molar-refractivity contribution < 1.29 is 9.84 Å². The van der Waals surface area contributed by atoms with Crippen molar-refractivity contribution in [1.29, 1.82) is 0 Å². The Labute approximate surface area is 194 Å². The van der Waals surface area contributed by atoms with E-state index in [1.54, 1.807) is 0 Å². The van der Waals surface area contributed by atoms with Crippen molar-refractivity contribution in [3.8, 4) is 11.5 Å². The van der Waals surface area contributed by atoms with Crippen molar-refractivity contribution in [1.82, 2.24) is 9.97 Å². The summed E-state index contributed by atoms with van der Waals surface area (Å²) in [6, 6.07) is 21.7. The lowest BCUT2D eigenvalue weighted by Gasteiger charge is -2.23. The number of aryl methyl sites for hydroxylation is 2. The van der Waals surface area contributed by atoms with Gasteiger partial charge in [0.25, 0.3) is 0 Å². The zero-order chi connectivity index (χ0) is 22.8. The van der Waals surface area contributed by atoms with E-state index in [0.29, 0.717) is 11.6 Å². The highest BCUT2D eigenvalue weighted by atomic mass is 16.5. The maximum Gasteiger partial charge on any atom is 0.147 e. The second kappa shape index (κ2) is 9.10. The smallest absolute Gasteiger partial charge is 0.147 e. The summed E-state index contributed by atoms with van der Waals surface area (Å²) < 4.78 is 6.15. The average Bonchev–Trinajstić information content (AvgIpc) is 3.32. The molecule has 0 radical (unpaired) electrons. The van der Waals surface area contributed by atoms with E-state index in [1.807, 2.05) is 68.4 Å². The van der Waals surface area contributed by atoms with Crippen molar-refractivity contribution in [3.63, 3.8) is 0 Å². The zero-order valence-electron chi connectivity index (χ0n) is 19.1. The first kappa shape index (κ1) is 21.3. The predicted molar refractivity (Wildman–Crippen MR) is 132 cm³/mol. The summed E-state index contributed by atoms with van der Waals surface area (Å²) in [5.41, 5.74) is 4.18. The minimum atomic E-state index is -0.299. The Balaban J connectivity index is 1.53. The Bertz CT molecular complexity index is 1260. The fourth-order valence-corrected chi connectivity index (χ4v) is 4.57. The highest BCUT2D eigenvalue weighted by molar-refractivity contribution is 5.86. The fraction of sp³-hybridized carbons (Fsp3) is 0.286. The molecule has 1 fully saturated rings. The molecule has 1 atom stereocenters. The summed E-state index contributed by atoms with van der Waals surface area (Å²) in [7, 11) is 0. The third kappa shape index (κ3) is 4.63. The van der Waals surface area contributed by atoms with Gasteiger partial charge in [-0.25, -0.2) is 9.97 Å². The summed E-state index contributed by atoms with van der Waals surface area (Å²) in [4.78, 5) is 9.21. The van der Waals surface area contributed by atoms with Crippen molar-refractivity contribution in [3.05, 3.63) is 89.2 Å². The molecule has 2 heterocycles. The third-order valence-corrected chi connectivity index (χ3v) is 6.32. The van der Waals surface area contributed by atoms with Crippen LogP contribution in [0.4, 0.5) is 5.82 Å². The molecule has 0 aliphatic heterocycles. The van der Waals surface area contributed by atoms with Crippen LogP contribution in [0.1, 0.15) is 54.2 Å². The molecule has 0 spiro atoms. The standard InChI is InChI=1S/C28H29N3O2/c1-18-6-5-9-25(29-18)31-26(20-12-15-23(16-13-20)33-22-7-3-4-8-22)24-17-14-21-11-10-19(2)30-27(21)28(24)32/h5-6,9-17,22,26,32H,3-4,7-8H2,1-2H3,(H,29,31)/t26-/m0/s1. The molecule has 1 aliphatic carbocycles. The van der Waals surface area contributed by atoms with E-state index in [-0.39, 0.29) is 11.8 Å². The predicted octanol–water partition coefficient (Wildman–Crippen LogP) is 6.48. The van der Waals surface area contributed by atoms with Gasteiger partial charge in [-0.3, -0.25) is 0 Å². The first-order chi connectivity index (χ1) is 16.1. The lowest BCUT2D eigenvalue weighted by atomic mass is 9.96. The molecule has 0 amide bonds. The minimum absolute atomic E-state index is 0.188. The van der Waals surface area contributed by atoms with Crippen LogP contribution in [0.25, 0.3) is 10.9 Å². The minimum Gasteiger partial charge on any atom is -0.505 e. The first-order valence-electron chi connectivity index (χ1n) is 11.6. The second-order valence-corrected chi connectivity index (χ2v) is 8.86. The first-order valence-corrected chi connectivity index (χ1v) is 11.6. The van der Waals surface area contributed by atoms with E-state index in [2.05, 4.69) is 27.4 Å². The second-order valence-electron chi connectivity index (χ2n) is 8.86. The Hall–Kier alpha value is -3.60. The molecule has 0 saturated heterocycles. The van der Waals surface area contributed by atoms with Crippen molar-refractivity contribution in [2.75, 3.05) is 5.32 Å². The van der Waals surface area contributed by atoms with Crippen molar-refractivity contribution in [2.45, 2.75) is 51.7 Å². The topological polar surface area (TPSA) is 67.3 Å². The molecular weight excluding hydrogens is 410 g/mol. The van der Waals surface area contributed by atoms with Crippen LogP contribution in [0.2, 0.25) is 0 Å². The molecule has 4 aromatic rings. The number of phenols is 1. The summed E-state index contributed by atoms with van der Waals surface area (Å²) in [5.74, 6) is 1.83. The number of aromatic hydroxyl groups is 1. The van der Waals surface area contributed by atoms with Crippen LogP contribution in [0.3, 0.4) is 0 Å². The summed E-state index contributed by atoms with van der Waals surface area (Å²) in [6.45, 7) is 3.90. The fourth-order valence-electron chi connectivity index (χ4n) is 4.57. The molecule has 5 rings (SSSR count). The van der Waals surface area contributed by atoms with Gasteiger partial charge in [-0.2, -0.15) is 0 Å². The van der Waals surface area contributed by atoms with Crippen molar-refractivity contribution in [2.24, 2.45) is 0 Å². The zero-order valence-corrected chi connectivity index (χ0v) is 19.1. The lowest BCUT2D eigenvalue weighted by Crippen LogP contribution is -2.14. The van der Waals surface area contributed by atoms with Crippen LogP contribution >= 0.6 is 0 Å². The summed E-state index contributed by atoms with van der Waals surface area (Å²) in [6.07, 6.45) is 5.06. The molecule has 0 unspecified atom stereocenters. The third-order valence-electron chi connectivity index (χ3n) is 6.32. The van der Waals surface area contributed by atoms with Gasteiger partial charge in [0.15, 0.2) is 0 Å². The van der Waals surface area contributed by atoms with Crippen LogP contribution in [0.5, 0.6) is 11.5 Å². The molecule has 2 aromatic heterocycles. The maximum absolute atomic E-state index is 11.2. The number of hydrogen-bond acceptors (Lipinski definition) is 5. The van der Waals surface area contributed by atoms with Gasteiger partial charge < -0.3 is 15.2 Å². The van der Waals surface area contributed by atoms with Gasteiger partial charge in [-0.15, -0.1) is 0 Å². The van der Waals surface area contributed by atoms with E-state index in [4.69, 9.17) is 4.74 Å². The maximum atomic E-state index is 11.2. The van der Waals surface area contributed by atoms with E-state index < -0.39 is 0 Å². The number of ether oxygens (including phenoxy) is 1. The number of nitrogens with one attached hydrogen (secondary N) is 1. The number of fused-ring (bicyclic) bond motifs is 1. The molecule has 168 valence electrons. The van der Waals surface area contributed by atoms with Gasteiger partial charge in [-0.05, 0) is 75.4 Å². The molecule has 1 saturated carbocycles. The SMILES string of the molecule is Cc1cccc(N[C@@H](c2ccc(OC3CCCC3)cc2)c2ccc3ccc(C)nc3c2O)n1. The number of rotatable bonds is 6. The Morgan fingerprint density at radius 1 is 0.879 bits per heavy atom. The normalized spacial score (nSPS) is 15.0. The van der Waals surface area contributed by atoms with E-state index in [1.165, 1.54) is 12.8 Å². The molecule has 33 heavy (non-hydrogen) atoms. The highest BCUT2D eigenvalue weighted by Gasteiger charge is 2.22.